The normalized spacial score (nSPS) is 13.5. The van der Waals surface area contributed by atoms with E-state index in [2.05, 4.69) is 20.9 Å². The molecular formula is C19H21Cl2N5O2. The van der Waals surface area contributed by atoms with Crippen LogP contribution in [-0.4, -0.2) is 41.5 Å². The predicted molar refractivity (Wildman–Crippen MR) is 111 cm³/mol. The molecular weight excluding hydrogens is 401 g/mol. The molecule has 1 aliphatic rings. The molecule has 0 atom stereocenters. The van der Waals surface area contributed by atoms with E-state index < -0.39 is 0 Å². The first kappa shape index (κ1) is 20.2. The van der Waals surface area contributed by atoms with E-state index in [0.717, 1.165) is 18.5 Å². The molecule has 1 saturated heterocycles. The highest BCUT2D eigenvalue weighted by Crippen LogP contribution is 2.22. The van der Waals surface area contributed by atoms with Crippen LogP contribution in [0.15, 0.2) is 36.5 Å². The summed E-state index contributed by atoms with van der Waals surface area (Å²) in [6, 6.07) is 8.77. The van der Waals surface area contributed by atoms with Crippen LogP contribution in [0.4, 0.5) is 16.3 Å². The molecule has 0 bridgehead atoms. The Morgan fingerprint density at radius 1 is 1.18 bits per heavy atom. The number of hydrogen-bond donors (Lipinski definition) is 3. The average molecular weight is 422 g/mol. The first-order valence-corrected chi connectivity index (χ1v) is 9.73. The number of urea groups is 1. The minimum absolute atomic E-state index is 0.199. The van der Waals surface area contributed by atoms with Gasteiger partial charge in [-0.05, 0) is 30.2 Å². The summed E-state index contributed by atoms with van der Waals surface area (Å²) in [4.78, 5) is 29.6. The van der Waals surface area contributed by atoms with Crippen LogP contribution in [0.5, 0.6) is 0 Å². The number of benzene rings is 1. The number of amides is 3. The third-order valence-electron chi connectivity index (χ3n) is 4.27. The number of likely N-dealkylation sites (tertiary alicyclic amines) is 1. The molecule has 1 aromatic heterocycles. The lowest BCUT2D eigenvalue weighted by molar-refractivity contribution is -0.128. The number of rotatable bonds is 7. The van der Waals surface area contributed by atoms with Crippen LogP contribution < -0.4 is 16.0 Å². The first-order chi connectivity index (χ1) is 13.5. The van der Waals surface area contributed by atoms with E-state index >= 15 is 0 Å². The number of aromatic nitrogens is 1. The summed E-state index contributed by atoms with van der Waals surface area (Å²) in [5, 5.41) is 9.44. The average Bonchev–Trinajstić information content (AvgIpc) is 3.06. The maximum absolute atomic E-state index is 12.0. The van der Waals surface area contributed by atoms with Gasteiger partial charge in [-0.3, -0.25) is 4.79 Å². The number of pyridine rings is 1. The number of nitrogens with zero attached hydrogens (tertiary/aromatic N) is 2. The van der Waals surface area contributed by atoms with Crippen molar-refractivity contribution in [2.24, 2.45) is 0 Å². The van der Waals surface area contributed by atoms with E-state index in [4.69, 9.17) is 23.2 Å². The fourth-order valence-electron chi connectivity index (χ4n) is 2.86. The molecule has 0 saturated carbocycles. The fraction of sp³-hybridized carbons (Fsp3) is 0.316. The number of anilines is 2. The summed E-state index contributed by atoms with van der Waals surface area (Å²) in [5.74, 6) is 0.714. The van der Waals surface area contributed by atoms with Gasteiger partial charge in [0.05, 0.1) is 10.0 Å². The van der Waals surface area contributed by atoms with Crippen molar-refractivity contribution in [3.8, 4) is 0 Å². The number of carbonyl (C=O) groups excluding carboxylic acids is 2. The molecule has 3 N–H and O–H groups in total. The maximum Gasteiger partial charge on any atom is 0.319 e. The van der Waals surface area contributed by atoms with Crippen molar-refractivity contribution in [1.29, 1.82) is 0 Å². The zero-order chi connectivity index (χ0) is 19.9. The molecule has 0 aliphatic carbocycles. The second-order valence-electron chi connectivity index (χ2n) is 6.41. The molecule has 9 heteroatoms. The molecule has 28 heavy (non-hydrogen) atoms. The van der Waals surface area contributed by atoms with E-state index in [1.807, 2.05) is 29.2 Å². The molecule has 3 amide bonds. The number of carbonyl (C=O) groups is 2. The standard InChI is InChI=1S/C19H21Cl2N5O2/c20-14-10-16(21)18(24-11-14)22-7-8-23-19(28)25-15-5-3-13(4-6-15)12-26-9-1-2-17(26)27/h3-6,10-11H,1-2,7-9,12H2,(H,22,24)(H2,23,25,28). The maximum atomic E-state index is 12.0. The van der Waals surface area contributed by atoms with Crippen LogP contribution in [0.1, 0.15) is 18.4 Å². The highest BCUT2D eigenvalue weighted by Gasteiger charge is 2.19. The van der Waals surface area contributed by atoms with Gasteiger partial charge in [-0.2, -0.15) is 0 Å². The van der Waals surface area contributed by atoms with Gasteiger partial charge in [0, 0.05) is 44.5 Å². The second kappa shape index (κ2) is 9.61. The minimum atomic E-state index is -0.306. The van der Waals surface area contributed by atoms with Crippen LogP contribution in [0.2, 0.25) is 10.0 Å². The number of halogens is 2. The van der Waals surface area contributed by atoms with Gasteiger partial charge < -0.3 is 20.9 Å². The van der Waals surface area contributed by atoms with E-state index in [1.54, 1.807) is 6.07 Å². The van der Waals surface area contributed by atoms with Gasteiger partial charge >= 0.3 is 6.03 Å². The summed E-state index contributed by atoms with van der Waals surface area (Å²) in [5.41, 5.74) is 1.72. The van der Waals surface area contributed by atoms with Crippen molar-refractivity contribution in [2.45, 2.75) is 19.4 Å². The van der Waals surface area contributed by atoms with Gasteiger partial charge in [0.25, 0.3) is 0 Å². The molecule has 0 unspecified atom stereocenters. The molecule has 3 rings (SSSR count). The molecule has 1 aliphatic heterocycles. The van der Waals surface area contributed by atoms with Crippen LogP contribution in [0.3, 0.4) is 0 Å². The lowest BCUT2D eigenvalue weighted by Crippen LogP contribution is -2.32. The third-order valence-corrected chi connectivity index (χ3v) is 4.76. The van der Waals surface area contributed by atoms with Gasteiger partial charge in [0.2, 0.25) is 5.91 Å². The summed E-state index contributed by atoms with van der Waals surface area (Å²) >= 11 is 11.8. The quantitative estimate of drug-likeness (QED) is 0.594. The van der Waals surface area contributed by atoms with Gasteiger partial charge in [-0.1, -0.05) is 35.3 Å². The fourth-order valence-corrected chi connectivity index (χ4v) is 3.31. The van der Waals surface area contributed by atoms with Crippen LogP contribution in [0.25, 0.3) is 0 Å². The number of hydrogen-bond acceptors (Lipinski definition) is 4. The van der Waals surface area contributed by atoms with Crippen molar-refractivity contribution in [3.05, 3.63) is 52.1 Å². The summed E-state index contributed by atoms with van der Waals surface area (Å²) < 4.78 is 0. The Balaban J connectivity index is 1.39. The topological polar surface area (TPSA) is 86.4 Å². The van der Waals surface area contributed by atoms with Gasteiger partial charge in [-0.15, -0.1) is 0 Å². The van der Waals surface area contributed by atoms with Gasteiger partial charge in [0.1, 0.15) is 5.82 Å². The first-order valence-electron chi connectivity index (χ1n) is 8.98. The summed E-state index contributed by atoms with van der Waals surface area (Å²) in [6.45, 7) is 2.27. The molecule has 2 heterocycles. The van der Waals surface area contributed by atoms with Crippen molar-refractivity contribution in [1.82, 2.24) is 15.2 Å². The largest absolute Gasteiger partial charge is 0.367 e. The van der Waals surface area contributed by atoms with Crippen LogP contribution in [0, 0.1) is 0 Å². The Hall–Kier alpha value is -2.51. The van der Waals surface area contributed by atoms with E-state index in [0.29, 0.717) is 47.6 Å². The van der Waals surface area contributed by atoms with Gasteiger partial charge in [-0.25, -0.2) is 9.78 Å². The predicted octanol–water partition coefficient (Wildman–Crippen LogP) is 3.74. The van der Waals surface area contributed by atoms with Crippen LogP contribution >= 0.6 is 23.2 Å². The number of nitrogens with one attached hydrogen (secondary N) is 3. The van der Waals surface area contributed by atoms with Crippen molar-refractivity contribution < 1.29 is 9.59 Å². The summed E-state index contributed by atoms with van der Waals surface area (Å²) in [6.07, 6.45) is 3.06. The Bertz CT molecular complexity index is 845. The molecule has 1 fully saturated rings. The molecule has 148 valence electrons. The van der Waals surface area contributed by atoms with Crippen molar-refractivity contribution in [2.75, 3.05) is 30.3 Å². The summed E-state index contributed by atoms with van der Waals surface area (Å²) in [7, 11) is 0. The highest BCUT2D eigenvalue weighted by molar-refractivity contribution is 6.35. The highest BCUT2D eigenvalue weighted by atomic mass is 35.5. The SMILES string of the molecule is O=C(NCCNc1ncc(Cl)cc1Cl)Nc1ccc(CN2CCCC2=O)cc1. The van der Waals surface area contributed by atoms with Crippen molar-refractivity contribution >= 4 is 46.6 Å². The molecule has 1 aromatic carbocycles. The Morgan fingerprint density at radius 2 is 1.96 bits per heavy atom. The Kier molecular flexibility index (Phi) is 6.95. The molecule has 0 radical (unpaired) electrons. The Morgan fingerprint density at radius 3 is 2.64 bits per heavy atom. The zero-order valence-electron chi connectivity index (χ0n) is 15.2. The smallest absolute Gasteiger partial charge is 0.319 e. The van der Waals surface area contributed by atoms with E-state index in [9.17, 15) is 9.59 Å². The van der Waals surface area contributed by atoms with Crippen molar-refractivity contribution in [3.63, 3.8) is 0 Å². The minimum Gasteiger partial charge on any atom is -0.367 e. The monoisotopic (exact) mass is 421 g/mol. The lowest BCUT2D eigenvalue weighted by Gasteiger charge is -2.15. The second-order valence-corrected chi connectivity index (χ2v) is 7.25. The molecule has 2 aromatic rings. The third kappa shape index (κ3) is 5.74. The molecule has 7 nitrogen and oxygen atoms in total. The molecule has 0 spiro atoms. The van der Waals surface area contributed by atoms with Gasteiger partial charge in [0.15, 0.2) is 0 Å². The van der Waals surface area contributed by atoms with Crippen LogP contribution in [-0.2, 0) is 11.3 Å². The van der Waals surface area contributed by atoms with E-state index in [1.165, 1.54) is 6.20 Å². The Labute approximate surface area is 173 Å². The zero-order valence-corrected chi connectivity index (χ0v) is 16.7. The van der Waals surface area contributed by atoms with E-state index in [-0.39, 0.29) is 11.9 Å². The lowest BCUT2D eigenvalue weighted by atomic mass is 10.2.